The van der Waals surface area contributed by atoms with Crippen LogP contribution in [0, 0.1) is 6.92 Å². The smallest absolute Gasteiger partial charge is 0.246 e. The number of amides is 1. The first-order valence-electron chi connectivity index (χ1n) is 5.72. The highest BCUT2D eigenvalue weighted by Crippen LogP contribution is 2.12. The number of nitrogens with zero attached hydrogens (tertiary/aromatic N) is 2. The highest BCUT2D eigenvalue weighted by atomic mass is 32.1. The third kappa shape index (κ3) is 3.38. The van der Waals surface area contributed by atoms with Gasteiger partial charge in [0.15, 0.2) is 0 Å². The zero-order valence-corrected chi connectivity index (χ0v) is 10.6. The van der Waals surface area contributed by atoms with Gasteiger partial charge in [-0.15, -0.1) is 11.3 Å². The lowest BCUT2D eigenvalue weighted by atomic mass is 10.1. The number of rotatable bonds is 2. The number of β-amino-alcohol motifs (C(OH)–C–C–N with tert-alkyl or cyclic N) is 1. The number of likely N-dealkylation sites (tertiary alicyclic amines) is 1. The van der Waals surface area contributed by atoms with Crippen molar-refractivity contribution in [1.29, 1.82) is 0 Å². The molecule has 0 radical (unpaired) electrons. The molecule has 0 spiro atoms. The van der Waals surface area contributed by atoms with Crippen LogP contribution in [0.5, 0.6) is 0 Å². The second-order valence-electron chi connectivity index (χ2n) is 4.21. The summed E-state index contributed by atoms with van der Waals surface area (Å²) in [7, 11) is 0. The third-order valence-corrected chi connectivity index (χ3v) is 3.53. The fourth-order valence-electron chi connectivity index (χ4n) is 1.87. The minimum atomic E-state index is -0.373. The van der Waals surface area contributed by atoms with E-state index in [4.69, 9.17) is 0 Å². The highest BCUT2D eigenvalue weighted by molar-refractivity contribution is 7.09. The topological polar surface area (TPSA) is 53.4 Å². The van der Waals surface area contributed by atoms with Gasteiger partial charge in [-0.2, -0.15) is 0 Å². The summed E-state index contributed by atoms with van der Waals surface area (Å²) in [4.78, 5) is 17.8. The lowest BCUT2D eigenvalue weighted by molar-refractivity contribution is -0.128. The van der Waals surface area contributed by atoms with Crippen LogP contribution in [0.2, 0.25) is 0 Å². The number of aromatic nitrogens is 1. The Labute approximate surface area is 105 Å². The van der Waals surface area contributed by atoms with E-state index in [1.165, 1.54) is 6.08 Å². The molecule has 1 fully saturated rings. The number of aliphatic hydroxyl groups excluding tert-OH is 1. The molecule has 2 heterocycles. The van der Waals surface area contributed by atoms with E-state index in [9.17, 15) is 9.90 Å². The molecule has 0 saturated carbocycles. The van der Waals surface area contributed by atoms with E-state index >= 15 is 0 Å². The van der Waals surface area contributed by atoms with Crippen molar-refractivity contribution in [1.82, 2.24) is 9.88 Å². The predicted octanol–water partition coefficient (Wildman–Crippen LogP) is 1.45. The number of aryl methyl sites for hydroxylation is 1. The van der Waals surface area contributed by atoms with Crippen LogP contribution in [0.3, 0.4) is 0 Å². The average Bonchev–Trinajstić information content (AvgIpc) is 2.72. The van der Waals surface area contributed by atoms with E-state index in [1.54, 1.807) is 22.3 Å². The Morgan fingerprint density at radius 2 is 2.53 bits per heavy atom. The van der Waals surface area contributed by atoms with E-state index < -0.39 is 0 Å². The summed E-state index contributed by atoms with van der Waals surface area (Å²) in [5.74, 6) is -0.0468. The van der Waals surface area contributed by atoms with Crippen LogP contribution < -0.4 is 0 Å². The standard InChI is InChI=1S/C12H16N2O2S/c1-9-13-10(8-17-9)4-5-12(16)14-6-2-3-11(15)7-14/h4-5,8,11,15H,2-3,6-7H2,1H3. The first-order chi connectivity index (χ1) is 8.15. The second kappa shape index (κ2) is 5.42. The maximum absolute atomic E-state index is 11.8. The third-order valence-electron chi connectivity index (χ3n) is 2.74. The minimum absolute atomic E-state index is 0.0468. The lowest BCUT2D eigenvalue weighted by Gasteiger charge is -2.29. The molecule has 4 nitrogen and oxygen atoms in total. The summed E-state index contributed by atoms with van der Waals surface area (Å²) in [6.07, 6.45) is 4.55. The van der Waals surface area contributed by atoms with E-state index in [1.807, 2.05) is 12.3 Å². The molecule has 1 aromatic rings. The molecule has 1 amide bonds. The van der Waals surface area contributed by atoms with Crippen molar-refractivity contribution in [2.45, 2.75) is 25.9 Å². The number of carbonyl (C=O) groups is 1. The molecular weight excluding hydrogens is 236 g/mol. The van der Waals surface area contributed by atoms with Crippen molar-refractivity contribution in [3.8, 4) is 0 Å². The van der Waals surface area contributed by atoms with Gasteiger partial charge >= 0.3 is 0 Å². The second-order valence-corrected chi connectivity index (χ2v) is 5.27. The summed E-state index contributed by atoms with van der Waals surface area (Å²) < 4.78 is 0. The van der Waals surface area contributed by atoms with Crippen molar-refractivity contribution in [3.63, 3.8) is 0 Å². The van der Waals surface area contributed by atoms with Crippen LogP contribution in [0.1, 0.15) is 23.5 Å². The number of aliphatic hydroxyl groups is 1. The summed E-state index contributed by atoms with van der Waals surface area (Å²) in [6, 6.07) is 0. The van der Waals surface area contributed by atoms with Crippen LogP contribution in [-0.4, -0.2) is 40.1 Å². The summed E-state index contributed by atoms with van der Waals surface area (Å²) in [6.45, 7) is 3.11. The van der Waals surface area contributed by atoms with E-state index in [0.717, 1.165) is 30.1 Å². The largest absolute Gasteiger partial charge is 0.391 e. The molecular formula is C12H16N2O2S. The van der Waals surface area contributed by atoms with Gasteiger partial charge in [-0.1, -0.05) is 0 Å². The molecule has 1 saturated heterocycles. The molecule has 1 aromatic heterocycles. The lowest BCUT2D eigenvalue weighted by Crippen LogP contribution is -2.41. The van der Waals surface area contributed by atoms with Gasteiger partial charge in [-0.3, -0.25) is 4.79 Å². The van der Waals surface area contributed by atoms with Gasteiger partial charge in [0.2, 0.25) is 5.91 Å². The normalized spacial score (nSPS) is 21.1. The van der Waals surface area contributed by atoms with Crippen LogP contribution >= 0.6 is 11.3 Å². The summed E-state index contributed by atoms with van der Waals surface area (Å²) in [5, 5.41) is 12.4. The molecule has 0 bridgehead atoms. The number of thiazole rings is 1. The van der Waals surface area contributed by atoms with Gasteiger partial charge in [-0.05, 0) is 25.8 Å². The monoisotopic (exact) mass is 252 g/mol. The minimum Gasteiger partial charge on any atom is -0.391 e. The Bertz CT molecular complexity index is 428. The molecule has 5 heteroatoms. The van der Waals surface area contributed by atoms with Crippen LogP contribution in [0.4, 0.5) is 0 Å². The molecule has 17 heavy (non-hydrogen) atoms. The number of hydrogen-bond donors (Lipinski definition) is 1. The van der Waals surface area contributed by atoms with Crippen molar-refractivity contribution in [2.24, 2.45) is 0 Å². The van der Waals surface area contributed by atoms with Gasteiger partial charge in [-0.25, -0.2) is 4.98 Å². The van der Waals surface area contributed by atoms with Crippen LogP contribution in [0.25, 0.3) is 6.08 Å². The quantitative estimate of drug-likeness (QED) is 0.810. The molecule has 1 atom stereocenters. The fraction of sp³-hybridized carbons (Fsp3) is 0.500. The SMILES string of the molecule is Cc1nc(C=CC(=O)N2CCCC(O)C2)cs1. The summed E-state index contributed by atoms with van der Waals surface area (Å²) in [5.41, 5.74) is 0.818. The molecule has 2 rings (SSSR count). The Morgan fingerprint density at radius 1 is 1.71 bits per heavy atom. The Balaban J connectivity index is 1.94. The molecule has 1 N–H and O–H groups in total. The molecule has 0 aliphatic carbocycles. The van der Waals surface area contributed by atoms with E-state index in [-0.39, 0.29) is 12.0 Å². The van der Waals surface area contributed by atoms with E-state index in [0.29, 0.717) is 6.54 Å². The molecule has 0 aromatic carbocycles. The Kier molecular flexibility index (Phi) is 3.91. The molecule has 1 unspecified atom stereocenters. The molecule has 1 aliphatic heterocycles. The van der Waals surface area contributed by atoms with Crippen molar-refractivity contribution >= 4 is 23.3 Å². The Hall–Kier alpha value is -1.20. The zero-order valence-electron chi connectivity index (χ0n) is 9.80. The maximum Gasteiger partial charge on any atom is 0.246 e. The first-order valence-corrected chi connectivity index (χ1v) is 6.60. The van der Waals surface area contributed by atoms with Crippen LogP contribution in [0.15, 0.2) is 11.5 Å². The number of hydrogen-bond acceptors (Lipinski definition) is 4. The first kappa shape index (κ1) is 12.3. The average molecular weight is 252 g/mol. The van der Waals surface area contributed by atoms with Gasteiger partial charge in [0.05, 0.1) is 16.8 Å². The van der Waals surface area contributed by atoms with Crippen molar-refractivity contribution in [3.05, 3.63) is 22.2 Å². The predicted molar refractivity (Wildman–Crippen MR) is 67.7 cm³/mol. The fourth-order valence-corrected chi connectivity index (χ4v) is 2.45. The van der Waals surface area contributed by atoms with Gasteiger partial charge in [0, 0.05) is 24.5 Å². The molecule has 1 aliphatic rings. The maximum atomic E-state index is 11.8. The number of carbonyl (C=O) groups excluding carboxylic acids is 1. The Morgan fingerprint density at radius 3 is 3.18 bits per heavy atom. The molecule has 92 valence electrons. The van der Waals surface area contributed by atoms with Gasteiger partial charge in [0.25, 0.3) is 0 Å². The zero-order chi connectivity index (χ0) is 12.3. The van der Waals surface area contributed by atoms with Crippen molar-refractivity contribution < 1.29 is 9.90 Å². The van der Waals surface area contributed by atoms with Crippen molar-refractivity contribution in [2.75, 3.05) is 13.1 Å². The van der Waals surface area contributed by atoms with Gasteiger partial charge in [0.1, 0.15) is 0 Å². The van der Waals surface area contributed by atoms with Crippen LogP contribution in [-0.2, 0) is 4.79 Å². The van der Waals surface area contributed by atoms with Gasteiger partial charge < -0.3 is 10.0 Å². The summed E-state index contributed by atoms with van der Waals surface area (Å²) >= 11 is 1.56. The van der Waals surface area contributed by atoms with E-state index in [2.05, 4.69) is 4.98 Å². The number of piperidine rings is 1. The highest BCUT2D eigenvalue weighted by Gasteiger charge is 2.20.